The molecule has 0 bridgehead atoms. The first-order chi connectivity index (χ1) is 14.7. The van der Waals surface area contributed by atoms with Crippen LogP contribution in [0.2, 0.25) is 0 Å². The summed E-state index contributed by atoms with van der Waals surface area (Å²) in [5, 5.41) is 6.31. The molecule has 3 aromatic rings. The number of nitrogens with one attached hydrogen (secondary N) is 3. The highest BCUT2D eigenvalue weighted by molar-refractivity contribution is 7.92. The maximum absolute atomic E-state index is 12.9. The summed E-state index contributed by atoms with van der Waals surface area (Å²) in [5.74, 6) is 1.87. The van der Waals surface area contributed by atoms with Gasteiger partial charge in [-0.3, -0.25) is 4.72 Å². The first-order valence-corrected chi connectivity index (χ1v) is 11.4. The summed E-state index contributed by atoms with van der Waals surface area (Å²) < 4.78 is 33.7. The van der Waals surface area contributed by atoms with Gasteiger partial charge in [0.2, 0.25) is 5.95 Å². The minimum atomic E-state index is -3.74. The third kappa shape index (κ3) is 5.24. The average Bonchev–Trinajstić information content (AvgIpc) is 2.71. The summed E-state index contributed by atoms with van der Waals surface area (Å²) in [7, 11) is -2.17. The van der Waals surface area contributed by atoms with E-state index in [-0.39, 0.29) is 4.90 Å². The Balaban J connectivity index is 1.77. The van der Waals surface area contributed by atoms with Crippen LogP contribution in [0.5, 0.6) is 5.75 Å². The molecule has 0 unspecified atom stereocenters. The molecule has 1 aromatic heterocycles. The van der Waals surface area contributed by atoms with E-state index in [2.05, 4.69) is 25.3 Å². The summed E-state index contributed by atoms with van der Waals surface area (Å²) in [6.45, 7) is 8.21. The van der Waals surface area contributed by atoms with Gasteiger partial charge in [-0.15, -0.1) is 0 Å². The minimum absolute atomic E-state index is 0.223. The third-order valence-corrected chi connectivity index (χ3v) is 6.32. The Kier molecular flexibility index (Phi) is 6.65. The van der Waals surface area contributed by atoms with Gasteiger partial charge in [0, 0.05) is 29.7 Å². The molecule has 31 heavy (non-hydrogen) atoms. The average molecular weight is 442 g/mol. The van der Waals surface area contributed by atoms with Crippen molar-refractivity contribution in [3.63, 3.8) is 0 Å². The summed E-state index contributed by atoms with van der Waals surface area (Å²) in [6.07, 6.45) is 0. The number of methoxy groups -OCH3 is 1. The van der Waals surface area contributed by atoms with Crippen LogP contribution >= 0.6 is 0 Å². The van der Waals surface area contributed by atoms with E-state index in [1.165, 1.54) is 0 Å². The van der Waals surface area contributed by atoms with E-state index in [0.29, 0.717) is 28.8 Å². The summed E-state index contributed by atoms with van der Waals surface area (Å²) >= 11 is 0. The van der Waals surface area contributed by atoms with Crippen LogP contribution in [0.3, 0.4) is 0 Å². The molecule has 1 heterocycles. The maximum atomic E-state index is 12.9. The number of nitrogens with zero attached hydrogens (tertiary/aromatic N) is 2. The van der Waals surface area contributed by atoms with Crippen molar-refractivity contribution < 1.29 is 13.2 Å². The topological polar surface area (TPSA) is 105 Å². The Morgan fingerprint density at radius 3 is 2.26 bits per heavy atom. The van der Waals surface area contributed by atoms with Crippen molar-refractivity contribution in [2.45, 2.75) is 32.6 Å². The number of sulfonamides is 1. The fourth-order valence-electron chi connectivity index (χ4n) is 3.13. The van der Waals surface area contributed by atoms with Crippen LogP contribution in [0.25, 0.3) is 0 Å². The minimum Gasteiger partial charge on any atom is -0.496 e. The summed E-state index contributed by atoms with van der Waals surface area (Å²) in [5.41, 5.74) is 3.52. The standard InChI is InChI=1S/C22H27N5O3S/c1-6-23-22-24-14(2)13-21(26-22)25-17-7-9-18(10-8-17)27-31(28,29)20-12-11-19(30-5)15(3)16(20)4/h7-13,27H,6H2,1-5H3,(H2,23,24,25,26). The molecule has 3 rings (SSSR count). The van der Waals surface area contributed by atoms with E-state index < -0.39 is 10.0 Å². The lowest BCUT2D eigenvalue weighted by Gasteiger charge is -2.15. The molecule has 8 nitrogen and oxygen atoms in total. The SMILES string of the molecule is CCNc1nc(C)cc(Nc2ccc(NS(=O)(=O)c3ccc(OC)c(C)c3C)cc2)n1. The van der Waals surface area contributed by atoms with Gasteiger partial charge in [0.05, 0.1) is 12.0 Å². The highest BCUT2D eigenvalue weighted by atomic mass is 32.2. The second-order valence-electron chi connectivity index (χ2n) is 7.07. The quantitative estimate of drug-likeness (QED) is 0.476. The van der Waals surface area contributed by atoms with E-state index in [0.717, 1.165) is 23.5 Å². The second kappa shape index (κ2) is 9.22. The highest BCUT2D eigenvalue weighted by Gasteiger charge is 2.19. The Labute approximate surface area is 183 Å². The second-order valence-corrected chi connectivity index (χ2v) is 8.72. The van der Waals surface area contributed by atoms with Gasteiger partial charge in [-0.25, -0.2) is 13.4 Å². The predicted octanol–water partition coefficient (Wildman–Crippen LogP) is 4.39. The molecule has 0 saturated heterocycles. The molecule has 0 atom stereocenters. The highest BCUT2D eigenvalue weighted by Crippen LogP contribution is 2.28. The number of rotatable bonds is 8. The molecule has 0 radical (unpaired) electrons. The molecule has 2 aromatic carbocycles. The van der Waals surface area contributed by atoms with Crippen LogP contribution in [0.1, 0.15) is 23.7 Å². The van der Waals surface area contributed by atoms with Crippen molar-refractivity contribution in [3.8, 4) is 5.75 Å². The van der Waals surface area contributed by atoms with Crippen LogP contribution in [0.15, 0.2) is 47.4 Å². The van der Waals surface area contributed by atoms with Crippen molar-refractivity contribution in [3.05, 3.63) is 59.3 Å². The van der Waals surface area contributed by atoms with Crippen LogP contribution < -0.4 is 20.1 Å². The van der Waals surface area contributed by atoms with Crippen molar-refractivity contribution in [1.82, 2.24) is 9.97 Å². The van der Waals surface area contributed by atoms with E-state index in [4.69, 9.17) is 4.74 Å². The number of aryl methyl sites for hydroxylation is 1. The predicted molar refractivity (Wildman–Crippen MR) is 124 cm³/mol. The molecule has 0 amide bonds. The molecular weight excluding hydrogens is 414 g/mol. The number of anilines is 4. The van der Waals surface area contributed by atoms with Crippen molar-refractivity contribution >= 4 is 33.2 Å². The number of hydrogen-bond donors (Lipinski definition) is 3. The lowest BCUT2D eigenvalue weighted by Crippen LogP contribution is -2.15. The number of hydrogen-bond acceptors (Lipinski definition) is 7. The lowest BCUT2D eigenvalue weighted by atomic mass is 10.1. The summed E-state index contributed by atoms with van der Waals surface area (Å²) in [4.78, 5) is 8.97. The molecule has 164 valence electrons. The maximum Gasteiger partial charge on any atom is 0.262 e. The first kappa shape index (κ1) is 22.4. The molecule has 0 saturated carbocycles. The molecule has 3 N–H and O–H groups in total. The fourth-order valence-corrected chi connectivity index (χ4v) is 4.49. The normalized spacial score (nSPS) is 11.1. The van der Waals surface area contributed by atoms with Gasteiger partial charge in [0.25, 0.3) is 10.0 Å². The van der Waals surface area contributed by atoms with Crippen molar-refractivity contribution in [2.24, 2.45) is 0 Å². The van der Waals surface area contributed by atoms with Crippen molar-refractivity contribution in [1.29, 1.82) is 0 Å². The molecule has 0 aliphatic rings. The zero-order chi connectivity index (χ0) is 22.6. The zero-order valence-corrected chi connectivity index (χ0v) is 19.1. The molecular formula is C22H27N5O3S. The van der Waals surface area contributed by atoms with Gasteiger partial charge in [0.1, 0.15) is 11.6 Å². The number of ether oxygens (including phenoxy) is 1. The van der Waals surface area contributed by atoms with Crippen LogP contribution in [0.4, 0.5) is 23.1 Å². The van der Waals surface area contributed by atoms with Gasteiger partial charge >= 0.3 is 0 Å². The largest absolute Gasteiger partial charge is 0.496 e. The molecule has 0 fully saturated rings. The van der Waals surface area contributed by atoms with E-state index in [1.54, 1.807) is 50.4 Å². The monoisotopic (exact) mass is 441 g/mol. The summed E-state index contributed by atoms with van der Waals surface area (Å²) in [6, 6.07) is 12.0. The van der Waals surface area contributed by atoms with E-state index in [1.807, 2.05) is 26.8 Å². The first-order valence-electron chi connectivity index (χ1n) is 9.87. The molecule has 0 spiro atoms. The molecule has 9 heteroatoms. The van der Waals surface area contributed by atoms with E-state index >= 15 is 0 Å². The van der Waals surface area contributed by atoms with Crippen molar-refractivity contribution in [2.75, 3.05) is 29.0 Å². The Bertz CT molecular complexity index is 1180. The van der Waals surface area contributed by atoms with Gasteiger partial charge in [-0.2, -0.15) is 4.98 Å². The number of benzene rings is 2. The number of aromatic nitrogens is 2. The van der Waals surface area contributed by atoms with Gasteiger partial charge < -0.3 is 15.4 Å². The zero-order valence-electron chi connectivity index (χ0n) is 18.3. The van der Waals surface area contributed by atoms with E-state index in [9.17, 15) is 8.42 Å². The van der Waals surface area contributed by atoms with Crippen LogP contribution in [0, 0.1) is 20.8 Å². The van der Waals surface area contributed by atoms with Gasteiger partial charge in [-0.1, -0.05) is 0 Å². The molecule has 0 aliphatic carbocycles. The lowest BCUT2D eigenvalue weighted by molar-refractivity contribution is 0.411. The Morgan fingerprint density at radius 2 is 1.61 bits per heavy atom. The van der Waals surface area contributed by atoms with Crippen LogP contribution in [-0.2, 0) is 10.0 Å². The Morgan fingerprint density at radius 1 is 0.935 bits per heavy atom. The fraction of sp³-hybridized carbons (Fsp3) is 0.273. The Hall–Kier alpha value is -3.33. The molecule has 0 aliphatic heterocycles. The third-order valence-electron chi connectivity index (χ3n) is 4.80. The smallest absolute Gasteiger partial charge is 0.262 e. The van der Waals surface area contributed by atoms with Crippen LogP contribution in [-0.4, -0.2) is 32.0 Å². The van der Waals surface area contributed by atoms with Gasteiger partial charge in [0.15, 0.2) is 0 Å². The van der Waals surface area contributed by atoms with Gasteiger partial charge in [-0.05, 0) is 75.2 Å².